The van der Waals surface area contributed by atoms with Gasteiger partial charge in [0.2, 0.25) is 0 Å². The Morgan fingerprint density at radius 2 is 1.58 bits per heavy atom. The highest BCUT2D eigenvalue weighted by atomic mass is 19.4. The van der Waals surface area contributed by atoms with Crippen molar-refractivity contribution in [2.45, 2.75) is 44.8 Å². The topological polar surface area (TPSA) is 89.0 Å². The first-order valence-electron chi connectivity index (χ1n) is 10.3. The number of nitrogens with one attached hydrogen (secondary N) is 2. The lowest BCUT2D eigenvalue weighted by Crippen LogP contribution is -2.45. The maximum absolute atomic E-state index is 13.5. The van der Waals surface area contributed by atoms with Gasteiger partial charge in [0, 0.05) is 5.69 Å². The molecule has 0 saturated carbocycles. The summed E-state index contributed by atoms with van der Waals surface area (Å²) in [6.45, 7) is 4.65. The molecule has 1 atom stereocenters. The van der Waals surface area contributed by atoms with Gasteiger partial charge in [-0.3, -0.25) is 9.59 Å². The van der Waals surface area contributed by atoms with Crippen molar-refractivity contribution in [3.63, 3.8) is 0 Å². The van der Waals surface area contributed by atoms with E-state index in [1.54, 1.807) is 19.9 Å². The number of nitrogens with zero attached hydrogens (tertiary/aromatic N) is 1. The van der Waals surface area contributed by atoms with Gasteiger partial charge in [0.25, 0.3) is 18.0 Å². The standard InChI is InChI=1S/C23H23F6N3O4/c1-13-11-14(36-23(28,29)20(24)22(25,26)27)9-10-17(13)31-18(33)15-7-5-6-8-16(15)19(34)32-21(2,3)12-30-35-4/h5-12,20H,1-4H3,(H,31,33)(H,32,34)/b30-12+. The van der Waals surface area contributed by atoms with E-state index in [2.05, 4.69) is 25.4 Å². The Bertz CT molecular complexity index is 1140. The molecule has 0 aliphatic rings. The molecule has 0 aliphatic heterocycles. The van der Waals surface area contributed by atoms with Gasteiger partial charge in [-0.25, -0.2) is 4.39 Å². The number of hydrogen-bond donors (Lipinski definition) is 2. The van der Waals surface area contributed by atoms with E-state index in [1.165, 1.54) is 38.4 Å². The van der Waals surface area contributed by atoms with Crippen LogP contribution >= 0.6 is 0 Å². The molecule has 2 amide bonds. The smallest absolute Gasteiger partial charge is 0.430 e. The summed E-state index contributed by atoms with van der Waals surface area (Å²) in [6.07, 6.45) is -14.2. The van der Waals surface area contributed by atoms with Gasteiger partial charge in [-0.2, -0.15) is 22.0 Å². The Hall–Kier alpha value is -3.77. The van der Waals surface area contributed by atoms with Gasteiger partial charge in [-0.15, -0.1) is 0 Å². The average molecular weight is 519 g/mol. The van der Waals surface area contributed by atoms with Crippen LogP contribution in [0.1, 0.15) is 40.1 Å². The predicted molar refractivity (Wildman–Crippen MR) is 119 cm³/mol. The third kappa shape index (κ3) is 7.36. The number of carbonyl (C=O) groups excluding carboxylic acids is 2. The van der Waals surface area contributed by atoms with Crippen LogP contribution < -0.4 is 15.4 Å². The summed E-state index contributed by atoms with van der Waals surface area (Å²) in [5.74, 6) is -2.07. The molecule has 0 heterocycles. The van der Waals surface area contributed by atoms with E-state index in [9.17, 15) is 35.9 Å². The molecule has 2 N–H and O–H groups in total. The zero-order valence-electron chi connectivity index (χ0n) is 19.5. The highest BCUT2D eigenvalue weighted by molar-refractivity contribution is 6.12. The Labute approximate surface area is 202 Å². The van der Waals surface area contributed by atoms with E-state index in [4.69, 9.17) is 0 Å². The van der Waals surface area contributed by atoms with Gasteiger partial charge >= 0.3 is 12.3 Å². The molecule has 0 bridgehead atoms. The molecule has 2 aromatic carbocycles. The summed E-state index contributed by atoms with van der Waals surface area (Å²) < 4.78 is 81.0. The van der Waals surface area contributed by atoms with Gasteiger partial charge in [-0.05, 0) is 56.7 Å². The number of benzene rings is 2. The zero-order valence-corrected chi connectivity index (χ0v) is 19.5. The fourth-order valence-electron chi connectivity index (χ4n) is 2.88. The number of anilines is 1. The number of amides is 2. The van der Waals surface area contributed by atoms with Gasteiger partial charge in [0.15, 0.2) is 0 Å². The monoisotopic (exact) mass is 519 g/mol. The molecular weight excluding hydrogens is 496 g/mol. The summed E-state index contributed by atoms with van der Waals surface area (Å²) in [5.41, 5.74) is -0.710. The van der Waals surface area contributed by atoms with Crippen LogP contribution in [0.15, 0.2) is 47.6 Å². The second-order valence-corrected chi connectivity index (χ2v) is 8.14. The van der Waals surface area contributed by atoms with Crippen LogP contribution in [0.5, 0.6) is 5.75 Å². The van der Waals surface area contributed by atoms with E-state index in [1.807, 2.05) is 0 Å². The fraction of sp³-hybridized carbons (Fsp3) is 0.348. The Balaban J connectivity index is 2.21. The number of alkyl halides is 6. The van der Waals surface area contributed by atoms with E-state index in [0.29, 0.717) is 0 Å². The van der Waals surface area contributed by atoms with Crippen molar-refractivity contribution >= 4 is 23.7 Å². The van der Waals surface area contributed by atoms with Crippen LogP contribution in [0.3, 0.4) is 0 Å². The predicted octanol–water partition coefficient (Wildman–Crippen LogP) is 5.26. The Kier molecular flexibility index (Phi) is 8.60. The molecule has 7 nitrogen and oxygen atoms in total. The lowest BCUT2D eigenvalue weighted by atomic mass is 10.0. The number of ether oxygens (including phenoxy) is 1. The SMILES string of the molecule is CO/N=C/C(C)(C)NC(=O)c1ccccc1C(=O)Nc1ccc(OC(F)(F)C(F)C(F)(F)F)cc1C. The van der Waals surface area contributed by atoms with Crippen molar-refractivity contribution in [2.24, 2.45) is 5.16 Å². The lowest BCUT2D eigenvalue weighted by Gasteiger charge is -2.23. The summed E-state index contributed by atoms with van der Waals surface area (Å²) in [7, 11) is 1.33. The third-order valence-electron chi connectivity index (χ3n) is 4.62. The first kappa shape index (κ1) is 28.5. The van der Waals surface area contributed by atoms with Crippen molar-refractivity contribution in [1.82, 2.24) is 5.32 Å². The molecule has 196 valence electrons. The third-order valence-corrected chi connectivity index (χ3v) is 4.62. The van der Waals surface area contributed by atoms with E-state index >= 15 is 0 Å². The molecule has 13 heteroatoms. The Morgan fingerprint density at radius 1 is 1.00 bits per heavy atom. The minimum Gasteiger partial charge on any atom is -0.430 e. The van der Waals surface area contributed by atoms with Crippen LogP contribution in [0, 0.1) is 6.92 Å². The first-order valence-corrected chi connectivity index (χ1v) is 10.3. The quantitative estimate of drug-likeness (QED) is 0.269. The number of carbonyl (C=O) groups is 2. The van der Waals surface area contributed by atoms with Crippen molar-refractivity contribution in [3.8, 4) is 5.75 Å². The molecule has 0 aromatic heterocycles. The molecule has 0 fully saturated rings. The van der Waals surface area contributed by atoms with E-state index in [0.717, 1.165) is 18.2 Å². The second kappa shape index (κ2) is 10.9. The molecule has 0 spiro atoms. The van der Waals surface area contributed by atoms with Crippen LogP contribution in [0.2, 0.25) is 0 Å². The minimum atomic E-state index is -5.82. The number of halogens is 6. The average Bonchev–Trinajstić information content (AvgIpc) is 2.77. The van der Waals surface area contributed by atoms with E-state index < -0.39 is 41.6 Å². The van der Waals surface area contributed by atoms with Gasteiger partial charge < -0.3 is 20.2 Å². The number of rotatable bonds is 9. The summed E-state index contributed by atoms with van der Waals surface area (Å²) in [6, 6.07) is 8.69. The van der Waals surface area contributed by atoms with Crippen LogP contribution in [-0.2, 0) is 4.84 Å². The van der Waals surface area contributed by atoms with Gasteiger partial charge in [0.05, 0.1) is 22.9 Å². The van der Waals surface area contributed by atoms with Gasteiger partial charge in [-0.1, -0.05) is 17.3 Å². The maximum atomic E-state index is 13.5. The lowest BCUT2D eigenvalue weighted by molar-refractivity contribution is -0.304. The highest BCUT2D eigenvalue weighted by Gasteiger charge is 2.59. The Morgan fingerprint density at radius 3 is 2.11 bits per heavy atom. The maximum Gasteiger partial charge on any atom is 0.439 e. The van der Waals surface area contributed by atoms with Crippen molar-refractivity contribution < 1.29 is 45.5 Å². The molecular formula is C23H23F6N3O4. The summed E-state index contributed by atoms with van der Waals surface area (Å²) >= 11 is 0. The highest BCUT2D eigenvalue weighted by Crippen LogP contribution is 2.37. The largest absolute Gasteiger partial charge is 0.439 e. The van der Waals surface area contributed by atoms with Crippen LogP contribution in [0.4, 0.5) is 32.0 Å². The van der Waals surface area contributed by atoms with Crippen molar-refractivity contribution in [1.29, 1.82) is 0 Å². The first-order chi connectivity index (χ1) is 16.6. The summed E-state index contributed by atoms with van der Waals surface area (Å²) in [4.78, 5) is 30.3. The van der Waals surface area contributed by atoms with Crippen LogP contribution in [-0.4, -0.2) is 49.1 Å². The molecule has 1 unspecified atom stereocenters. The number of aryl methyl sites for hydroxylation is 1. The number of hydrogen-bond acceptors (Lipinski definition) is 5. The second-order valence-electron chi connectivity index (χ2n) is 8.14. The molecule has 0 saturated heterocycles. The van der Waals surface area contributed by atoms with Crippen molar-refractivity contribution in [2.75, 3.05) is 12.4 Å². The van der Waals surface area contributed by atoms with Crippen molar-refractivity contribution in [3.05, 3.63) is 59.2 Å². The summed E-state index contributed by atoms with van der Waals surface area (Å²) in [5, 5.41) is 8.79. The zero-order chi connectivity index (χ0) is 27.3. The van der Waals surface area contributed by atoms with Crippen LogP contribution in [0.25, 0.3) is 0 Å². The van der Waals surface area contributed by atoms with E-state index in [-0.39, 0.29) is 22.4 Å². The van der Waals surface area contributed by atoms with Gasteiger partial charge in [0.1, 0.15) is 12.9 Å². The minimum absolute atomic E-state index is 0.0206. The molecule has 0 radical (unpaired) electrons. The fourth-order valence-corrected chi connectivity index (χ4v) is 2.88. The molecule has 2 aromatic rings. The molecule has 36 heavy (non-hydrogen) atoms. The normalized spacial score (nSPS) is 13.3. The molecule has 0 aliphatic carbocycles. The number of oxime groups is 1. The molecule has 2 rings (SSSR count).